The lowest BCUT2D eigenvalue weighted by Crippen LogP contribution is -1.95. The van der Waals surface area contributed by atoms with Gasteiger partial charge in [-0.2, -0.15) is 0 Å². The molecule has 0 saturated carbocycles. The lowest BCUT2D eigenvalue weighted by molar-refractivity contribution is 0.371. The molecule has 3 heteroatoms. The van der Waals surface area contributed by atoms with Gasteiger partial charge in [0.15, 0.2) is 0 Å². The van der Waals surface area contributed by atoms with Crippen molar-refractivity contribution in [1.82, 2.24) is 4.98 Å². The maximum absolute atomic E-state index is 5.13. The largest absolute Gasteiger partial charge is 0.497 e. The molecule has 0 aliphatic carbocycles. The Labute approximate surface area is 98.8 Å². The van der Waals surface area contributed by atoms with Crippen molar-refractivity contribution in [1.29, 1.82) is 0 Å². The molecule has 1 aromatic rings. The lowest BCUT2D eigenvalue weighted by atomic mass is 10.1. The zero-order valence-electron chi connectivity index (χ0n) is 9.17. The third-order valence-corrected chi connectivity index (χ3v) is 2.98. The van der Waals surface area contributed by atoms with Gasteiger partial charge in [0.25, 0.3) is 0 Å². The molecule has 2 nitrogen and oxygen atoms in total. The van der Waals surface area contributed by atoms with Crippen molar-refractivity contribution in [3.8, 4) is 0 Å². The van der Waals surface area contributed by atoms with Crippen LogP contribution in [0.15, 0.2) is 24.9 Å². The SMILES string of the molecule is C=C(OC)c1cnc(C)cc1/C(Br)=C\C. The second-order valence-electron chi connectivity index (χ2n) is 3.14. The van der Waals surface area contributed by atoms with Crippen molar-refractivity contribution in [3.63, 3.8) is 0 Å². The van der Waals surface area contributed by atoms with Crippen LogP contribution in [0.2, 0.25) is 0 Å². The Morgan fingerprint density at radius 2 is 2.20 bits per heavy atom. The van der Waals surface area contributed by atoms with Crippen LogP contribution in [0, 0.1) is 6.92 Å². The van der Waals surface area contributed by atoms with Gasteiger partial charge in [-0.3, -0.25) is 4.98 Å². The Morgan fingerprint density at radius 1 is 1.53 bits per heavy atom. The summed E-state index contributed by atoms with van der Waals surface area (Å²) >= 11 is 3.50. The van der Waals surface area contributed by atoms with Crippen molar-refractivity contribution >= 4 is 26.2 Å². The number of ether oxygens (including phenoxy) is 1. The van der Waals surface area contributed by atoms with Gasteiger partial charge in [0.2, 0.25) is 0 Å². The van der Waals surface area contributed by atoms with E-state index in [1.165, 1.54) is 0 Å². The Balaban J connectivity index is 3.33. The van der Waals surface area contributed by atoms with Gasteiger partial charge in [-0.05, 0) is 19.9 Å². The number of methoxy groups -OCH3 is 1. The molecule has 0 radical (unpaired) electrons. The molecule has 1 heterocycles. The fourth-order valence-corrected chi connectivity index (χ4v) is 1.57. The fourth-order valence-electron chi connectivity index (χ4n) is 1.25. The molecule has 1 aromatic heterocycles. The summed E-state index contributed by atoms with van der Waals surface area (Å²) in [5.74, 6) is 0.622. The number of aryl methyl sites for hydroxylation is 1. The van der Waals surface area contributed by atoms with E-state index < -0.39 is 0 Å². The summed E-state index contributed by atoms with van der Waals surface area (Å²) in [5, 5.41) is 0. The molecule has 0 N–H and O–H groups in total. The quantitative estimate of drug-likeness (QED) is 0.778. The number of rotatable bonds is 3. The van der Waals surface area contributed by atoms with E-state index in [9.17, 15) is 0 Å². The molecule has 0 saturated heterocycles. The van der Waals surface area contributed by atoms with E-state index in [-0.39, 0.29) is 0 Å². The van der Waals surface area contributed by atoms with Crippen molar-refractivity contribution in [2.24, 2.45) is 0 Å². The third kappa shape index (κ3) is 2.69. The average Bonchev–Trinajstić information content (AvgIpc) is 2.26. The van der Waals surface area contributed by atoms with E-state index in [1.54, 1.807) is 13.3 Å². The Hall–Kier alpha value is -1.09. The minimum absolute atomic E-state index is 0.622. The number of allylic oxidation sites excluding steroid dienone is 1. The van der Waals surface area contributed by atoms with Crippen LogP contribution in [0.3, 0.4) is 0 Å². The summed E-state index contributed by atoms with van der Waals surface area (Å²) in [6.45, 7) is 7.77. The molecule has 0 aliphatic heterocycles. The van der Waals surface area contributed by atoms with Gasteiger partial charge in [0.1, 0.15) is 5.76 Å². The molecule has 0 amide bonds. The molecule has 0 aliphatic rings. The number of aromatic nitrogens is 1. The Morgan fingerprint density at radius 3 is 2.73 bits per heavy atom. The van der Waals surface area contributed by atoms with Gasteiger partial charge in [-0.25, -0.2) is 0 Å². The van der Waals surface area contributed by atoms with Crippen LogP contribution < -0.4 is 0 Å². The molecule has 0 atom stereocenters. The van der Waals surface area contributed by atoms with Crippen LogP contribution >= 0.6 is 15.9 Å². The normalized spacial score (nSPS) is 11.3. The van der Waals surface area contributed by atoms with E-state index in [1.807, 2.05) is 26.0 Å². The van der Waals surface area contributed by atoms with Gasteiger partial charge in [0.05, 0.1) is 7.11 Å². The summed E-state index contributed by atoms with van der Waals surface area (Å²) < 4.78 is 6.14. The van der Waals surface area contributed by atoms with Crippen LogP contribution in [0.1, 0.15) is 23.7 Å². The van der Waals surface area contributed by atoms with E-state index in [2.05, 4.69) is 27.5 Å². The van der Waals surface area contributed by atoms with Crippen LogP contribution in [-0.4, -0.2) is 12.1 Å². The minimum Gasteiger partial charge on any atom is -0.497 e. The number of hydrogen-bond donors (Lipinski definition) is 0. The third-order valence-electron chi connectivity index (χ3n) is 2.10. The monoisotopic (exact) mass is 267 g/mol. The zero-order valence-corrected chi connectivity index (χ0v) is 10.8. The summed E-state index contributed by atoms with van der Waals surface area (Å²) in [5.41, 5.74) is 2.93. The summed E-state index contributed by atoms with van der Waals surface area (Å²) in [6.07, 6.45) is 3.77. The average molecular weight is 268 g/mol. The first kappa shape index (κ1) is 12.0. The molecule has 0 bridgehead atoms. The number of pyridine rings is 1. The van der Waals surface area contributed by atoms with Crippen LogP contribution in [0.25, 0.3) is 10.2 Å². The minimum atomic E-state index is 0.622. The Bertz CT molecular complexity index is 410. The summed E-state index contributed by atoms with van der Waals surface area (Å²) in [7, 11) is 1.61. The van der Waals surface area contributed by atoms with Crippen molar-refractivity contribution in [2.45, 2.75) is 13.8 Å². The molecule has 0 unspecified atom stereocenters. The smallest absolute Gasteiger partial charge is 0.121 e. The molecule has 0 aromatic carbocycles. The molecule has 1 rings (SSSR count). The molecule has 0 fully saturated rings. The van der Waals surface area contributed by atoms with E-state index in [0.717, 1.165) is 21.3 Å². The van der Waals surface area contributed by atoms with Crippen molar-refractivity contribution in [2.75, 3.05) is 7.11 Å². The summed E-state index contributed by atoms with van der Waals surface area (Å²) in [6, 6.07) is 2.00. The topological polar surface area (TPSA) is 22.1 Å². The summed E-state index contributed by atoms with van der Waals surface area (Å²) in [4.78, 5) is 4.24. The number of nitrogens with zero attached hydrogens (tertiary/aromatic N) is 1. The first-order chi connectivity index (χ1) is 7.10. The predicted octanol–water partition coefficient (Wildman–Crippen LogP) is 3.76. The predicted molar refractivity (Wildman–Crippen MR) is 67.6 cm³/mol. The highest BCUT2D eigenvalue weighted by Crippen LogP contribution is 2.28. The lowest BCUT2D eigenvalue weighted by Gasteiger charge is -2.10. The molecule has 80 valence electrons. The fraction of sp³-hybridized carbons (Fsp3) is 0.250. The second-order valence-corrected chi connectivity index (χ2v) is 3.99. The van der Waals surface area contributed by atoms with Crippen LogP contribution in [0.5, 0.6) is 0 Å². The van der Waals surface area contributed by atoms with E-state index >= 15 is 0 Å². The standard InChI is InChI=1S/C12H14BrNO/c1-5-12(13)10-6-8(2)14-7-11(10)9(3)15-4/h5-7H,3H2,1-2,4H3/b12-5+. The van der Waals surface area contributed by atoms with Crippen molar-refractivity contribution in [3.05, 3.63) is 41.7 Å². The van der Waals surface area contributed by atoms with Gasteiger partial charge in [0, 0.05) is 27.5 Å². The Kier molecular flexibility index (Phi) is 4.09. The van der Waals surface area contributed by atoms with E-state index in [4.69, 9.17) is 4.74 Å². The molecule has 0 spiro atoms. The van der Waals surface area contributed by atoms with Gasteiger partial charge in [-0.1, -0.05) is 28.6 Å². The number of halogens is 1. The molecular formula is C12H14BrNO. The highest BCUT2D eigenvalue weighted by Gasteiger charge is 2.09. The second kappa shape index (κ2) is 5.12. The molecular weight excluding hydrogens is 254 g/mol. The van der Waals surface area contributed by atoms with Gasteiger partial charge in [-0.15, -0.1) is 0 Å². The van der Waals surface area contributed by atoms with Gasteiger partial charge < -0.3 is 4.74 Å². The zero-order chi connectivity index (χ0) is 11.4. The first-order valence-electron chi connectivity index (χ1n) is 4.62. The maximum Gasteiger partial charge on any atom is 0.121 e. The number of hydrogen-bond acceptors (Lipinski definition) is 2. The first-order valence-corrected chi connectivity index (χ1v) is 5.41. The highest BCUT2D eigenvalue weighted by molar-refractivity contribution is 9.15. The molecule has 15 heavy (non-hydrogen) atoms. The maximum atomic E-state index is 5.13. The van der Waals surface area contributed by atoms with E-state index in [0.29, 0.717) is 5.76 Å². The van der Waals surface area contributed by atoms with Gasteiger partial charge >= 0.3 is 0 Å². The highest BCUT2D eigenvalue weighted by atomic mass is 79.9. The van der Waals surface area contributed by atoms with Crippen LogP contribution in [-0.2, 0) is 4.74 Å². The van der Waals surface area contributed by atoms with Crippen LogP contribution in [0.4, 0.5) is 0 Å². The van der Waals surface area contributed by atoms with Crippen molar-refractivity contribution < 1.29 is 4.74 Å².